The predicted octanol–water partition coefficient (Wildman–Crippen LogP) is 1.80. The molecule has 0 bridgehead atoms. The Morgan fingerprint density at radius 3 is 3.06 bits per heavy atom. The van der Waals surface area contributed by atoms with Crippen molar-refractivity contribution in [1.29, 1.82) is 0 Å². The molecule has 6 heteroatoms. The minimum atomic E-state index is 0.776. The normalized spacial score (nSPS) is 10.9. The summed E-state index contributed by atoms with van der Waals surface area (Å²) in [5.74, 6) is 0. The average Bonchev–Trinajstić information content (AvgIpc) is 2.88. The molecular weight excluding hydrogens is 224 g/mol. The van der Waals surface area contributed by atoms with E-state index in [0.717, 1.165) is 29.3 Å². The van der Waals surface area contributed by atoms with E-state index in [2.05, 4.69) is 19.8 Å². The predicted molar refractivity (Wildman–Crippen MR) is 63.3 cm³/mol. The largest absolute Gasteiger partial charge is 0.472 e. The van der Waals surface area contributed by atoms with Gasteiger partial charge in [-0.1, -0.05) is 4.49 Å². The maximum Gasteiger partial charge on any atom is 0.134 e. The first-order valence-corrected chi connectivity index (χ1v) is 5.75. The van der Waals surface area contributed by atoms with Gasteiger partial charge in [0, 0.05) is 37.2 Å². The summed E-state index contributed by atoms with van der Waals surface area (Å²) in [6, 6.07) is 1.97. The molecule has 2 rings (SSSR count). The fourth-order valence-electron chi connectivity index (χ4n) is 1.51. The number of furan rings is 1. The molecule has 0 saturated heterocycles. The molecule has 86 valence electrons. The molecule has 2 aromatic heterocycles. The Balaban J connectivity index is 1.94. The lowest BCUT2D eigenvalue weighted by molar-refractivity contribution is 0.314. The number of aromatic nitrogens is 2. The molecule has 0 aromatic carbocycles. The fraction of sp³-hybridized carbons (Fsp3) is 0.400. The summed E-state index contributed by atoms with van der Waals surface area (Å²) in [5, 5.41) is 8.21. The summed E-state index contributed by atoms with van der Waals surface area (Å²) in [7, 11) is 3.93. The van der Waals surface area contributed by atoms with E-state index in [1.165, 1.54) is 11.5 Å². The molecule has 0 spiro atoms. The molecule has 0 saturated carbocycles. The summed E-state index contributed by atoms with van der Waals surface area (Å²) < 4.78 is 8.96. The molecular formula is C10H14N4OS. The van der Waals surface area contributed by atoms with Crippen molar-refractivity contribution >= 4 is 16.5 Å². The summed E-state index contributed by atoms with van der Waals surface area (Å²) in [6.07, 6.45) is 3.45. The third-order valence-electron chi connectivity index (χ3n) is 2.24. The topological polar surface area (TPSA) is 54.2 Å². The Labute approximate surface area is 98.2 Å². The van der Waals surface area contributed by atoms with Gasteiger partial charge in [0.1, 0.15) is 10.7 Å². The lowest BCUT2D eigenvalue weighted by Crippen LogP contribution is -2.17. The second kappa shape index (κ2) is 5.09. The second-order valence-corrected chi connectivity index (χ2v) is 4.36. The molecule has 0 unspecified atom stereocenters. The molecule has 0 amide bonds. The third kappa shape index (κ3) is 2.59. The van der Waals surface area contributed by atoms with E-state index in [0.29, 0.717) is 0 Å². The van der Waals surface area contributed by atoms with Crippen molar-refractivity contribution in [1.82, 2.24) is 14.5 Å². The van der Waals surface area contributed by atoms with Crippen LogP contribution in [-0.4, -0.2) is 28.6 Å². The quantitative estimate of drug-likeness (QED) is 0.861. The van der Waals surface area contributed by atoms with Gasteiger partial charge in [0.2, 0.25) is 0 Å². The zero-order chi connectivity index (χ0) is 11.4. The van der Waals surface area contributed by atoms with Crippen LogP contribution in [0.5, 0.6) is 0 Å². The molecule has 0 aliphatic carbocycles. The van der Waals surface area contributed by atoms with Gasteiger partial charge >= 0.3 is 0 Å². The SMILES string of the molecule is CNc1snnc1CN(C)Cc1ccoc1. The Bertz CT molecular complexity index is 426. The van der Waals surface area contributed by atoms with Crippen LogP contribution in [0.15, 0.2) is 23.0 Å². The van der Waals surface area contributed by atoms with Crippen molar-refractivity contribution in [3.8, 4) is 0 Å². The van der Waals surface area contributed by atoms with Gasteiger partial charge in [-0.15, -0.1) is 5.10 Å². The van der Waals surface area contributed by atoms with Gasteiger partial charge in [-0.2, -0.15) is 0 Å². The highest BCUT2D eigenvalue weighted by Crippen LogP contribution is 2.18. The van der Waals surface area contributed by atoms with Crippen LogP contribution in [0.4, 0.5) is 5.00 Å². The molecule has 0 fully saturated rings. The van der Waals surface area contributed by atoms with Crippen molar-refractivity contribution in [2.24, 2.45) is 0 Å². The minimum absolute atomic E-state index is 0.776. The fourth-order valence-corrected chi connectivity index (χ4v) is 2.03. The van der Waals surface area contributed by atoms with Crippen molar-refractivity contribution in [2.45, 2.75) is 13.1 Å². The smallest absolute Gasteiger partial charge is 0.134 e. The van der Waals surface area contributed by atoms with Gasteiger partial charge in [0.25, 0.3) is 0 Å². The highest BCUT2D eigenvalue weighted by atomic mass is 32.1. The van der Waals surface area contributed by atoms with Crippen LogP contribution < -0.4 is 5.32 Å². The van der Waals surface area contributed by atoms with Crippen molar-refractivity contribution in [3.63, 3.8) is 0 Å². The maximum absolute atomic E-state index is 5.03. The zero-order valence-electron chi connectivity index (χ0n) is 9.30. The monoisotopic (exact) mass is 238 g/mol. The van der Waals surface area contributed by atoms with Crippen LogP contribution in [0.25, 0.3) is 0 Å². The number of hydrogen-bond acceptors (Lipinski definition) is 6. The van der Waals surface area contributed by atoms with E-state index >= 15 is 0 Å². The lowest BCUT2D eigenvalue weighted by Gasteiger charge is -2.14. The Morgan fingerprint density at radius 2 is 2.38 bits per heavy atom. The standard InChI is InChI=1S/C10H14N4OS/c1-11-10-9(12-13-16-10)6-14(2)5-8-3-4-15-7-8/h3-4,7,11H,5-6H2,1-2H3. The maximum atomic E-state index is 5.03. The summed E-state index contributed by atoms with van der Waals surface area (Å²) in [4.78, 5) is 2.17. The van der Waals surface area contributed by atoms with Crippen LogP contribution in [0.2, 0.25) is 0 Å². The average molecular weight is 238 g/mol. The van der Waals surface area contributed by atoms with Gasteiger partial charge in [-0.3, -0.25) is 4.90 Å². The van der Waals surface area contributed by atoms with Crippen LogP contribution in [-0.2, 0) is 13.1 Å². The van der Waals surface area contributed by atoms with Crippen LogP contribution in [0.1, 0.15) is 11.3 Å². The summed E-state index contributed by atoms with van der Waals surface area (Å²) in [5.41, 5.74) is 2.15. The molecule has 0 aliphatic heterocycles. The summed E-state index contributed by atoms with van der Waals surface area (Å²) in [6.45, 7) is 1.62. The van der Waals surface area contributed by atoms with Crippen molar-refractivity contribution in [2.75, 3.05) is 19.4 Å². The molecule has 5 nitrogen and oxygen atoms in total. The molecule has 2 aromatic rings. The van der Waals surface area contributed by atoms with E-state index in [1.54, 1.807) is 12.5 Å². The highest BCUT2D eigenvalue weighted by Gasteiger charge is 2.09. The lowest BCUT2D eigenvalue weighted by atomic mass is 10.3. The van der Waals surface area contributed by atoms with Gasteiger partial charge < -0.3 is 9.73 Å². The molecule has 0 aliphatic rings. The first-order chi connectivity index (χ1) is 7.79. The van der Waals surface area contributed by atoms with E-state index in [-0.39, 0.29) is 0 Å². The van der Waals surface area contributed by atoms with Gasteiger partial charge in [-0.25, -0.2) is 0 Å². The Morgan fingerprint density at radius 1 is 1.50 bits per heavy atom. The third-order valence-corrected chi connectivity index (χ3v) is 3.02. The highest BCUT2D eigenvalue weighted by molar-refractivity contribution is 7.10. The van der Waals surface area contributed by atoms with Crippen molar-refractivity contribution in [3.05, 3.63) is 29.9 Å². The molecule has 1 N–H and O–H groups in total. The molecule has 0 atom stereocenters. The van der Waals surface area contributed by atoms with Gasteiger partial charge in [-0.05, 0) is 13.1 Å². The van der Waals surface area contributed by atoms with Crippen LogP contribution >= 0.6 is 11.5 Å². The van der Waals surface area contributed by atoms with E-state index in [1.807, 2.05) is 20.2 Å². The first-order valence-electron chi connectivity index (χ1n) is 4.98. The number of nitrogens with zero attached hydrogens (tertiary/aromatic N) is 3. The van der Waals surface area contributed by atoms with E-state index < -0.39 is 0 Å². The Kier molecular flexibility index (Phi) is 3.53. The van der Waals surface area contributed by atoms with E-state index in [9.17, 15) is 0 Å². The molecule has 2 heterocycles. The molecule has 0 radical (unpaired) electrons. The minimum Gasteiger partial charge on any atom is -0.472 e. The number of nitrogens with one attached hydrogen (secondary N) is 1. The van der Waals surface area contributed by atoms with Crippen LogP contribution in [0.3, 0.4) is 0 Å². The number of rotatable bonds is 5. The second-order valence-electron chi connectivity index (χ2n) is 3.60. The number of hydrogen-bond donors (Lipinski definition) is 1. The van der Waals surface area contributed by atoms with Crippen LogP contribution in [0, 0.1) is 0 Å². The number of anilines is 1. The first kappa shape index (κ1) is 11.1. The van der Waals surface area contributed by atoms with Gasteiger partial charge in [0.05, 0.1) is 12.5 Å². The van der Waals surface area contributed by atoms with E-state index in [4.69, 9.17) is 4.42 Å². The summed E-state index contributed by atoms with van der Waals surface area (Å²) >= 11 is 1.38. The zero-order valence-corrected chi connectivity index (χ0v) is 10.1. The van der Waals surface area contributed by atoms with Crippen molar-refractivity contribution < 1.29 is 4.42 Å². The van der Waals surface area contributed by atoms with Gasteiger partial charge in [0.15, 0.2) is 0 Å². The molecule has 16 heavy (non-hydrogen) atoms. The Hall–Kier alpha value is -1.40.